The minimum atomic E-state index is -1.07. The van der Waals surface area contributed by atoms with Crippen LogP contribution in [0.4, 0.5) is 4.39 Å². The smallest absolute Gasteiger partial charge is 0.303 e. The lowest BCUT2D eigenvalue weighted by molar-refractivity contribution is -0.139. The first kappa shape index (κ1) is 12.2. The quantitative estimate of drug-likeness (QED) is 0.803. The van der Waals surface area contributed by atoms with E-state index in [1.165, 1.54) is 24.3 Å². The zero-order valence-electron chi connectivity index (χ0n) is 8.39. The van der Waals surface area contributed by atoms with Crippen molar-refractivity contribution in [2.24, 2.45) is 0 Å². The molecule has 0 aliphatic carbocycles. The van der Waals surface area contributed by atoms with Crippen LogP contribution in [0.1, 0.15) is 24.3 Å². The van der Waals surface area contributed by atoms with Crippen molar-refractivity contribution in [1.29, 1.82) is 0 Å². The Labute approximate surface area is 91.3 Å². The van der Waals surface area contributed by atoms with Crippen molar-refractivity contribution in [1.82, 2.24) is 0 Å². The Kier molecular flexibility index (Phi) is 3.99. The summed E-state index contributed by atoms with van der Waals surface area (Å²) < 4.78 is 12.6. The molecular formula is C11H11FO4. The summed E-state index contributed by atoms with van der Waals surface area (Å²) in [6.07, 6.45) is -0.560. The second kappa shape index (κ2) is 5.25. The van der Waals surface area contributed by atoms with Crippen LogP contribution in [0.3, 0.4) is 0 Å². The fourth-order valence-corrected chi connectivity index (χ4v) is 1.46. The van der Waals surface area contributed by atoms with Gasteiger partial charge in [-0.2, -0.15) is 0 Å². The number of halogens is 1. The molecule has 5 heteroatoms. The van der Waals surface area contributed by atoms with Crippen molar-refractivity contribution in [3.63, 3.8) is 0 Å². The highest BCUT2D eigenvalue weighted by Gasteiger charge is 2.18. The lowest BCUT2D eigenvalue weighted by Gasteiger charge is -2.12. The molecule has 0 radical (unpaired) electrons. The first-order valence-electron chi connectivity index (χ1n) is 4.68. The Morgan fingerprint density at radius 1 is 1.06 bits per heavy atom. The van der Waals surface area contributed by atoms with E-state index < -0.39 is 23.7 Å². The Hall–Kier alpha value is -1.91. The number of hydrogen-bond donors (Lipinski definition) is 2. The van der Waals surface area contributed by atoms with Gasteiger partial charge in [-0.05, 0) is 17.7 Å². The van der Waals surface area contributed by atoms with E-state index in [0.717, 1.165) is 0 Å². The molecule has 1 aromatic rings. The Bertz CT molecular complexity index is 369. The predicted molar refractivity (Wildman–Crippen MR) is 53.6 cm³/mol. The van der Waals surface area contributed by atoms with Gasteiger partial charge in [-0.25, -0.2) is 4.39 Å². The minimum absolute atomic E-state index is 0.280. The van der Waals surface area contributed by atoms with Crippen molar-refractivity contribution < 1.29 is 24.2 Å². The first-order valence-corrected chi connectivity index (χ1v) is 4.68. The van der Waals surface area contributed by atoms with E-state index in [-0.39, 0.29) is 12.8 Å². The van der Waals surface area contributed by atoms with E-state index in [1.54, 1.807) is 0 Å². The summed E-state index contributed by atoms with van der Waals surface area (Å²) in [5.74, 6) is -3.21. The summed E-state index contributed by atoms with van der Waals surface area (Å²) in [5.41, 5.74) is 0.520. The molecule has 0 bridgehead atoms. The number of carbonyl (C=O) groups is 2. The van der Waals surface area contributed by atoms with Gasteiger partial charge in [0.2, 0.25) is 0 Å². The number of aliphatic carboxylic acids is 2. The van der Waals surface area contributed by atoms with Gasteiger partial charge in [0.05, 0.1) is 12.8 Å². The summed E-state index contributed by atoms with van der Waals surface area (Å²) in [6, 6.07) is 5.19. The van der Waals surface area contributed by atoms with Gasteiger partial charge >= 0.3 is 11.9 Å². The lowest BCUT2D eigenvalue weighted by Crippen LogP contribution is -2.11. The van der Waals surface area contributed by atoms with Crippen molar-refractivity contribution in [2.75, 3.05) is 0 Å². The van der Waals surface area contributed by atoms with Crippen LogP contribution < -0.4 is 0 Å². The predicted octanol–water partition coefficient (Wildman–Crippen LogP) is 1.86. The second-order valence-electron chi connectivity index (χ2n) is 3.44. The standard InChI is InChI=1S/C11H11FO4/c12-9-3-1-7(2-4-9)8(5-10(13)14)6-11(15)16/h1-4,8H,5-6H2,(H,13,14)(H,15,16). The van der Waals surface area contributed by atoms with E-state index >= 15 is 0 Å². The fraction of sp³-hybridized carbons (Fsp3) is 0.273. The van der Waals surface area contributed by atoms with E-state index in [2.05, 4.69) is 0 Å². The molecule has 0 spiro atoms. The molecule has 4 nitrogen and oxygen atoms in total. The zero-order valence-corrected chi connectivity index (χ0v) is 8.39. The van der Waals surface area contributed by atoms with Crippen molar-refractivity contribution in [3.05, 3.63) is 35.6 Å². The maximum Gasteiger partial charge on any atom is 0.303 e. The van der Waals surface area contributed by atoms with Gasteiger partial charge in [-0.3, -0.25) is 9.59 Å². The van der Waals surface area contributed by atoms with Gasteiger partial charge in [0, 0.05) is 5.92 Å². The Balaban J connectivity index is 2.86. The second-order valence-corrected chi connectivity index (χ2v) is 3.44. The molecule has 0 atom stereocenters. The monoisotopic (exact) mass is 226 g/mol. The van der Waals surface area contributed by atoms with E-state index in [1.807, 2.05) is 0 Å². The van der Waals surface area contributed by atoms with Gasteiger partial charge in [-0.1, -0.05) is 12.1 Å². The maximum absolute atomic E-state index is 12.6. The summed E-state index contributed by atoms with van der Waals surface area (Å²) in [4.78, 5) is 21.1. The summed E-state index contributed by atoms with van der Waals surface area (Å²) in [6.45, 7) is 0. The van der Waals surface area contributed by atoms with Crippen LogP contribution in [0.25, 0.3) is 0 Å². The van der Waals surface area contributed by atoms with Gasteiger partial charge < -0.3 is 10.2 Å². The van der Waals surface area contributed by atoms with E-state index in [4.69, 9.17) is 10.2 Å². The molecule has 0 amide bonds. The first-order chi connectivity index (χ1) is 7.49. The average molecular weight is 226 g/mol. The molecule has 0 saturated carbocycles. The number of benzene rings is 1. The van der Waals surface area contributed by atoms with Gasteiger partial charge in [0.25, 0.3) is 0 Å². The molecule has 1 rings (SSSR count). The third-order valence-corrected chi connectivity index (χ3v) is 2.18. The SMILES string of the molecule is O=C(O)CC(CC(=O)O)c1ccc(F)cc1. The topological polar surface area (TPSA) is 74.6 Å². The van der Waals surface area contributed by atoms with Crippen LogP contribution in [0.5, 0.6) is 0 Å². The minimum Gasteiger partial charge on any atom is -0.481 e. The van der Waals surface area contributed by atoms with Crippen LogP contribution in [0.2, 0.25) is 0 Å². The number of carboxylic acid groups (broad SMARTS) is 2. The molecule has 0 unspecified atom stereocenters. The summed E-state index contributed by atoms with van der Waals surface area (Å²) >= 11 is 0. The van der Waals surface area contributed by atoms with E-state index in [0.29, 0.717) is 5.56 Å². The number of carboxylic acids is 2. The molecular weight excluding hydrogens is 215 g/mol. The Morgan fingerprint density at radius 2 is 1.50 bits per heavy atom. The van der Waals surface area contributed by atoms with Gasteiger partial charge in [0.15, 0.2) is 0 Å². The third kappa shape index (κ3) is 3.68. The van der Waals surface area contributed by atoms with Crippen molar-refractivity contribution in [3.8, 4) is 0 Å². The van der Waals surface area contributed by atoms with Gasteiger partial charge in [0.1, 0.15) is 5.82 Å². The molecule has 0 aliphatic rings. The molecule has 0 aliphatic heterocycles. The third-order valence-electron chi connectivity index (χ3n) is 2.18. The highest BCUT2D eigenvalue weighted by atomic mass is 19.1. The normalized spacial score (nSPS) is 10.4. The molecule has 16 heavy (non-hydrogen) atoms. The number of hydrogen-bond acceptors (Lipinski definition) is 2. The van der Waals surface area contributed by atoms with Crippen molar-refractivity contribution in [2.45, 2.75) is 18.8 Å². The highest BCUT2D eigenvalue weighted by Crippen LogP contribution is 2.23. The molecule has 0 saturated heterocycles. The lowest BCUT2D eigenvalue weighted by atomic mass is 9.92. The molecule has 0 fully saturated rings. The van der Waals surface area contributed by atoms with Crippen LogP contribution in [0, 0.1) is 5.82 Å². The molecule has 2 N–H and O–H groups in total. The molecule has 1 aromatic carbocycles. The fourth-order valence-electron chi connectivity index (χ4n) is 1.46. The van der Waals surface area contributed by atoms with Crippen LogP contribution in [-0.2, 0) is 9.59 Å². The number of rotatable bonds is 5. The molecule has 0 heterocycles. The zero-order chi connectivity index (χ0) is 12.1. The summed E-state index contributed by atoms with van der Waals surface area (Å²) in [5, 5.41) is 17.3. The molecule has 86 valence electrons. The van der Waals surface area contributed by atoms with Crippen molar-refractivity contribution >= 4 is 11.9 Å². The molecule has 0 aromatic heterocycles. The largest absolute Gasteiger partial charge is 0.481 e. The van der Waals surface area contributed by atoms with E-state index in [9.17, 15) is 14.0 Å². The van der Waals surface area contributed by atoms with Gasteiger partial charge in [-0.15, -0.1) is 0 Å². The van der Waals surface area contributed by atoms with Crippen LogP contribution >= 0.6 is 0 Å². The average Bonchev–Trinajstić information content (AvgIpc) is 2.16. The van der Waals surface area contributed by atoms with Crippen LogP contribution in [-0.4, -0.2) is 22.2 Å². The highest BCUT2D eigenvalue weighted by molar-refractivity contribution is 5.72. The Morgan fingerprint density at radius 3 is 1.88 bits per heavy atom. The summed E-state index contributed by atoms with van der Waals surface area (Å²) in [7, 11) is 0. The van der Waals surface area contributed by atoms with Crippen LogP contribution in [0.15, 0.2) is 24.3 Å². The maximum atomic E-state index is 12.6.